The number of carbonyl (C=O) groups is 1. The number of hydrogen-bond donors (Lipinski definition) is 1. The molecule has 0 aliphatic carbocycles. The molecule has 2 aromatic rings. The lowest BCUT2D eigenvalue weighted by Crippen LogP contribution is -2.24. The zero-order valence-corrected chi connectivity index (χ0v) is 14.9. The van der Waals surface area contributed by atoms with Gasteiger partial charge in [0.25, 0.3) is 5.91 Å². The first-order chi connectivity index (χ1) is 11.6. The van der Waals surface area contributed by atoms with Crippen molar-refractivity contribution in [2.45, 2.75) is 0 Å². The maximum Gasteiger partial charge on any atom is 0.277 e. The number of nitrogens with zero attached hydrogens (tertiary/aromatic N) is 1. The molecule has 2 aromatic carbocycles. The number of halogens is 1. The molecule has 6 nitrogen and oxygen atoms in total. The second-order valence-electron chi connectivity index (χ2n) is 4.63. The number of para-hydroxylation sites is 1. The van der Waals surface area contributed by atoms with Gasteiger partial charge in [0.2, 0.25) is 0 Å². The quantitative estimate of drug-likeness (QED) is 0.580. The van der Waals surface area contributed by atoms with Crippen LogP contribution < -0.4 is 19.6 Å². The Morgan fingerprint density at radius 3 is 2.62 bits per heavy atom. The van der Waals surface area contributed by atoms with E-state index in [0.717, 1.165) is 10.0 Å². The molecule has 0 unspecified atom stereocenters. The highest BCUT2D eigenvalue weighted by Crippen LogP contribution is 2.35. The van der Waals surface area contributed by atoms with Gasteiger partial charge in [-0.15, -0.1) is 0 Å². The van der Waals surface area contributed by atoms with Crippen LogP contribution in [-0.4, -0.2) is 32.9 Å². The molecule has 0 aliphatic rings. The van der Waals surface area contributed by atoms with Crippen molar-refractivity contribution >= 4 is 28.1 Å². The van der Waals surface area contributed by atoms with Crippen LogP contribution in [0.15, 0.2) is 52.0 Å². The van der Waals surface area contributed by atoms with E-state index in [4.69, 9.17) is 14.2 Å². The Labute approximate surface area is 148 Å². The topological polar surface area (TPSA) is 69.2 Å². The predicted octanol–water partition coefficient (Wildman–Crippen LogP) is 3.00. The van der Waals surface area contributed by atoms with Crippen LogP contribution in [0.2, 0.25) is 0 Å². The number of hydrazone groups is 1. The molecule has 0 radical (unpaired) electrons. The highest BCUT2D eigenvalue weighted by molar-refractivity contribution is 9.10. The van der Waals surface area contributed by atoms with Gasteiger partial charge in [-0.1, -0.05) is 18.2 Å². The largest absolute Gasteiger partial charge is 0.493 e. The lowest BCUT2D eigenvalue weighted by atomic mass is 10.2. The van der Waals surface area contributed by atoms with E-state index >= 15 is 0 Å². The van der Waals surface area contributed by atoms with E-state index in [1.165, 1.54) is 6.21 Å². The molecule has 7 heteroatoms. The van der Waals surface area contributed by atoms with Gasteiger partial charge in [0.15, 0.2) is 18.1 Å². The summed E-state index contributed by atoms with van der Waals surface area (Å²) >= 11 is 3.40. The van der Waals surface area contributed by atoms with Crippen LogP contribution in [0.3, 0.4) is 0 Å². The van der Waals surface area contributed by atoms with Crippen LogP contribution in [-0.2, 0) is 4.79 Å². The average molecular weight is 393 g/mol. The van der Waals surface area contributed by atoms with E-state index in [1.807, 2.05) is 18.2 Å². The third-order valence-electron chi connectivity index (χ3n) is 2.97. The monoisotopic (exact) mass is 392 g/mol. The van der Waals surface area contributed by atoms with Gasteiger partial charge in [-0.3, -0.25) is 4.79 Å². The zero-order valence-electron chi connectivity index (χ0n) is 13.3. The summed E-state index contributed by atoms with van der Waals surface area (Å²) in [5.41, 5.74) is 3.14. The van der Waals surface area contributed by atoms with Crippen LogP contribution in [0, 0.1) is 0 Å². The molecule has 1 N–H and O–H groups in total. The van der Waals surface area contributed by atoms with Gasteiger partial charge in [-0.2, -0.15) is 5.10 Å². The third kappa shape index (κ3) is 4.99. The molecule has 0 aliphatic heterocycles. The summed E-state index contributed by atoms with van der Waals surface area (Å²) in [4.78, 5) is 11.7. The summed E-state index contributed by atoms with van der Waals surface area (Å²) < 4.78 is 16.5. The Morgan fingerprint density at radius 2 is 1.96 bits per heavy atom. The minimum Gasteiger partial charge on any atom is -0.493 e. The lowest BCUT2D eigenvalue weighted by Gasteiger charge is -2.10. The number of nitrogens with one attached hydrogen (secondary N) is 1. The van der Waals surface area contributed by atoms with Crippen LogP contribution in [0.4, 0.5) is 0 Å². The molecular formula is C17H17BrN2O4. The maximum absolute atomic E-state index is 11.7. The number of hydrogen-bond acceptors (Lipinski definition) is 5. The van der Waals surface area contributed by atoms with E-state index < -0.39 is 0 Å². The van der Waals surface area contributed by atoms with Gasteiger partial charge < -0.3 is 14.2 Å². The molecule has 1 amide bonds. The zero-order chi connectivity index (χ0) is 17.4. The Hall–Kier alpha value is -2.54. The van der Waals surface area contributed by atoms with Crippen molar-refractivity contribution in [2.75, 3.05) is 20.8 Å². The molecule has 24 heavy (non-hydrogen) atoms. The van der Waals surface area contributed by atoms with Gasteiger partial charge in [-0.25, -0.2) is 5.43 Å². The molecular weight excluding hydrogens is 376 g/mol. The van der Waals surface area contributed by atoms with Crippen LogP contribution >= 0.6 is 15.9 Å². The number of benzene rings is 2. The van der Waals surface area contributed by atoms with E-state index in [1.54, 1.807) is 38.5 Å². The first-order valence-corrected chi connectivity index (χ1v) is 7.84. The van der Waals surface area contributed by atoms with Crippen LogP contribution in [0.25, 0.3) is 0 Å². The Kier molecular flexibility index (Phi) is 6.62. The van der Waals surface area contributed by atoms with Crippen molar-refractivity contribution in [3.05, 3.63) is 52.5 Å². The minimum absolute atomic E-state index is 0.114. The van der Waals surface area contributed by atoms with Gasteiger partial charge >= 0.3 is 0 Å². The second-order valence-corrected chi connectivity index (χ2v) is 5.49. The number of methoxy groups -OCH3 is 2. The molecule has 0 heterocycles. The average Bonchev–Trinajstić information content (AvgIpc) is 2.60. The van der Waals surface area contributed by atoms with Crippen molar-refractivity contribution in [3.63, 3.8) is 0 Å². The number of amides is 1. The van der Waals surface area contributed by atoms with Gasteiger partial charge in [0, 0.05) is 0 Å². The van der Waals surface area contributed by atoms with Crippen molar-refractivity contribution in [1.29, 1.82) is 0 Å². The molecule has 0 fully saturated rings. The van der Waals surface area contributed by atoms with Crippen molar-refractivity contribution in [1.82, 2.24) is 5.43 Å². The minimum atomic E-state index is -0.352. The fourth-order valence-electron chi connectivity index (χ4n) is 1.89. The predicted molar refractivity (Wildman–Crippen MR) is 94.9 cm³/mol. The first kappa shape index (κ1) is 17.8. The molecule has 126 valence electrons. The molecule has 0 bridgehead atoms. The molecule has 0 saturated carbocycles. The van der Waals surface area contributed by atoms with Crippen molar-refractivity contribution in [3.8, 4) is 17.2 Å². The number of ether oxygens (including phenoxy) is 3. The Bertz CT molecular complexity index is 720. The fourth-order valence-corrected chi connectivity index (χ4v) is 2.51. The fraction of sp³-hybridized carbons (Fsp3) is 0.176. The van der Waals surface area contributed by atoms with Gasteiger partial charge in [0.05, 0.1) is 24.9 Å². The molecule has 0 spiro atoms. The normalized spacial score (nSPS) is 10.5. The molecule has 2 rings (SSSR count). The van der Waals surface area contributed by atoms with Crippen LogP contribution in [0.5, 0.6) is 17.2 Å². The number of rotatable bonds is 7. The maximum atomic E-state index is 11.7. The number of carbonyl (C=O) groups excluding carboxylic acids is 1. The van der Waals surface area contributed by atoms with Crippen molar-refractivity contribution in [2.24, 2.45) is 5.10 Å². The van der Waals surface area contributed by atoms with E-state index in [9.17, 15) is 4.79 Å². The summed E-state index contributed by atoms with van der Waals surface area (Å²) in [6, 6.07) is 12.6. The standard InChI is InChI=1S/C17H17BrN2O4/c1-22-15-9-12(8-14(18)17(15)23-2)10-19-20-16(21)11-24-13-6-4-3-5-7-13/h3-10H,11H2,1-2H3,(H,20,21)/b19-10+. The Balaban J connectivity index is 1.91. The summed E-state index contributed by atoms with van der Waals surface area (Å²) in [6.07, 6.45) is 1.51. The third-order valence-corrected chi connectivity index (χ3v) is 3.56. The second kappa shape index (κ2) is 8.93. The highest BCUT2D eigenvalue weighted by atomic mass is 79.9. The lowest BCUT2D eigenvalue weighted by molar-refractivity contribution is -0.123. The van der Waals surface area contributed by atoms with Gasteiger partial charge in [-0.05, 0) is 45.8 Å². The van der Waals surface area contributed by atoms with E-state index in [-0.39, 0.29) is 12.5 Å². The molecule has 0 aromatic heterocycles. The highest BCUT2D eigenvalue weighted by Gasteiger charge is 2.09. The smallest absolute Gasteiger partial charge is 0.277 e. The first-order valence-electron chi connectivity index (χ1n) is 7.05. The van der Waals surface area contributed by atoms with Crippen molar-refractivity contribution < 1.29 is 19.0 Å². The summed E-state index contributed by atoms with van der Waals surface area (Å²) in [5, 5.41) is 3.90. The van der Waals surface area contributed by atoms with Crippen LogP contribution in [0.1, 0.15) is 5.56 Å². The molecule has 0 saturated heterocycles. The summed E-state index contributed by atoms with van der Waals surface area (Å²) in [5.74, 6) is 1.43. The summed E-state index contributed by atoms with van der Waals surface area (Å²) in [6.45, 7) is -0.114. The summed E-state index contributed by atoms with van der Waals surface area (Å²) in [7, 11) is 3.11. The molecule has 0 atom stereocenters. The van der Waals surface area contributed by atoms with E-state index in [2.05, 4.69) is 26.5 Å². The SMILES string of the molecule is COc1cc(/C=N/NC(=O)COc2ccccc2)cc(Br)c1OC. The van der Waals surface area contributed by atoms with Gasteiger partial charge in [0.1, 0.15) is 5.75 Å². The Morgan fingerprint density at radius 1 is 1.21 bits per heavy atom. The van der Waals surface area contributed by atoms with E-state index in [0.29, 0.717) is 17.2 Å².